The van der Waals surface area contributed by atoms with Gasteiger partial charge in [0.1, 0.15) is 9.84 Å². The van der Waals surface area contributed by atoms with Gasteiger partial charge in [-0.05, 0) is 25.0 Å². The van der Waals surface area contributed by atoms with Gasteiger partial charge in [-0.15, -0.1) is 0 Å². The van der Waals surface area contributed by atoms with Crippen LogP contribution in [0, 0.1) is 0 Å². The molecule has 17 heavy (non-hydrogen) atoms. The average Bonchev–Trinajstić information content (AvgIpc) is 2.26. The third-order valence-corrected chi connectivity index (χ3v) is 4.98. The molecule has 0 aliphatic carbocycles. The van der Waals surface area contributed by atoms with Crippen LogP contribution in [0.25, 0.3) is 0 Å². The van der Waals surface area contributed by atoms with E-state index in [9.17, 15) is 8.42 Å². The molecule has 0 aromatic heterocycles. The van der Waals surface area contributed by atoms with Crippen molar-refractivity contribution in [2.45, 2.75) is 18.9 Å². The molecule has 2 rings (SSSR count). The molecule has 1 aromatic carbocycles. The molecule has 4 nitrogen and oxygen atoms in total. The second-order valence-electron chi connectivity index (χ2n) is 4.27. The third-order valence-electron chi connectivity index (χ3n) is 2.95. The van der Waals surface area contributed by atoms with Gasteiger partial charge >= 0.3 is 0 Å². The van der Waals surface area contributed by atoms with Gasteiger partial charge in [0.15, 0.2) is 0 Å². The van der Waals surface area contributed by atoms with Crippen LogP contribution in [0.3, 0.4) is 0 Å². The van der Waals surface area contributed by atoms with Crippen LogP contribution < -0.4 is 11.1 Å². The van der Waals surface area contributed by atoms with E-state index in [1.807, 2.05) is 0 Å². The Kier molecular flexibility index (Phi) is 3.49. The summed E-state index contributed by atoms with van der Waals surface area (Å²) >= 11 is 6.04. The van der Waals surface area contributed by atoms with E-state index in [1.54, 1.807) is 18.2 Å². The molecule has 0 bridgehead atoms. The topological polar surface area (TPSA) is 72.2 Å². The quantitative estimate of drug-likeness (QED) is 0.808. The van der Waals surface area contributed by atoms with E-state index < -0.39 is 9.84 Å². The number of rotatable bonds is 2. The predicted molar refractivity (Wildman–Crippen MR) is 71.2 cm³/mol. The van der Waals surface area contributed by atoms with Crippen LogP contribution in [0.15, 0.2) is 18.2 Å². The zero-order chi connectivity index (χ0) is 12.5. The fourth-order valence-electron chi connectivity index (χ4n) is 1.93. The summed E-state index contributed by atoms with van der Waals surface area (Å²) in [4.78, 5) is 0. The Balaban J connectivity index is 2.08. The number of benzene rings is 1. The molecule has 6 heteroatoms. The van der Waals surface area contributed by atoms with E-state index in [0.717, 1.165) is 0 Å². The third kappa shape index (κ3) is 3.04. The molecule has 1 aliphatic rings. The van der Waals surface area contributed by atoms with Crippen LogP contribution >= 0.6 is 11.6 Å². The molecule has 0 radical (unpaired) electrons. The van der Waals surface area contributed by atoms with Crippen molar-refractivity contribution in [3.8, 4) is 0 Å². The molecule has 0 spiro atoms. The summed E-state index contributed by atoms with van der Waals surface area (Å²) in [6.45, 7) is 0. The van der Waals surface area contributed by atoms with Gasteiger partial charge in [-0.3, -0.25) is 0 Å². The smallest absolute Gasteiger partial charge is 0.150 e. The van der Waals surface area contributed by atoms with Gasteiger partial charge < -0.3 is 11.1 Å². The average molecular weight is 275 g/mol. The van der Waals surface area contributed by atoms with E-state index in [-0.39, 0.29) is 17.5 Å². The van der Waals surface area contributed by atoms with Crippen LogP contribution in [0.1, 0.15) is 12.8 Å². The van der Waals surface area contributed by atoms with Gasteiger partial charge in [-0.1, -0.05) is 17.7 Å². The molecule has 1 fully saturated rings. The van der Waals surface area contributed by atoms with Crippen molar-refractivity contribution in [3.05, 3.63) is 23.2 Å². The van der Waals surface area contributed by atoms with E-state index in [2.05, 4.69) is 5.32 Å². The number of hydrogen-bond donors (Lipinski definition) is 2. The molecule has 0 saturated carbocycles. The van der Waals surface area contributed by atoms with Gasteiger partial charge in [0.05, 0.1) is 27.9 Å². The summed E-state index contributed by atoms with van der Waals surface area (Å²) < 4.78 is 22.6. The van der Waals surface area contributed by atoms with Crippen molar-refractivity contribution in [3.63, 3.8) is 0 Å². The Bertz CT molecular complexity index is 482. The highest BCUT2D eigenvalue weighted by Gasteiger charge is 2.24. The summed E-state index contributed by atoms with van der Waals surface area (Å²) in [7, 11) is -2.83. The zero-order valence-corrected chi connectivity index (χ0v) is 10.9. The van der Waals surface area contributed by atoms with E-state index >= 15 is 0 Å². The summed E-state index contributed by atoms with van der Waals surface area (Å²) in [6, 6.07) is 5.45. The Morgan fingerprint density at radius 1 is 1.29 bits per heavy atom. The first kappa shape index (κ1) is 12.5. The summed E-state index contributed by atoms with van der Waals surface area (Å²) in [5.41, 5.74) is 7.12. The molecule has 94 valence electrons. The molecule has 1 heterocycles. The Hall–Kier alpha value is -0.940. The van der Waals surface area contributed by atoms with Crippen molar-refractivity contribution in [1.29, 1.82) is 0 Å². The first-order valence-electron chi connectivity index (χ1n) is 5.49. The van der Waals surface area contributed by atoms with Crippen molar-refractivity contribution in [1.82, 2.24) is 0 Å². The van der Waals surface area contributed by atoms with Gasteiger partial charge in [0.2, 0.25) is 0 Å². The van der Waals surface area contributed by atoms with Crippen LogP contribution in [-0.4, -0.2) is 26.0 Å². The number of para-hydroxylation sites is 1. The van der Waals surface area contributed by atoms with Crippen LogP contribution in [0.4, 0.5) is 11.4 Å². The molecule has 1 aliphatic heterocycles. The fourth-order valence-corrected chi connectivity index (χ4v) is 3.66. The lowest BCUT2D eigenvalue weighted by Crippen LogP contribution is -2.32. The lowest BCUT2D eigenvalue weighted by molar-refractivity contribution is 0.559. The minimum atomic E-state index is -2.83. The SMILES string of the molecule is Nc1cccc(Cl)c1NC1CCS(=O)(=O)CC1. The lowest BCUT2D eigenvalue weighted by atomic mass is 10.1. The molecule has 1 aromatic rings. The highest BCUT2D eigenvalue weighted by atomic mass is 35.5. The zero-order valence-electron chi connectivity index (χ0n) is 9.32. The molecule has 1 saturated heterocycles. The normalized spacial score (nSPS) is 20.1. The largest absolute Gasteiger partial charge is 0.397 e. The van der Waals surface area contributed by atoms with Crippen molar-refractivity contribution < 1.29 is 8.42 Å². The van der Waals surface area contributed by atoms with E-state index in [4.69, 9.17) is 17.3 Å². The Morgan fingerprint density at radius 2 is 1.94 bits per heavy atom. The number of halogens is 1. The standard InChI is InChI=1S/C11H15ClN2O2S/c12-9-2-1-3-10(13)11(9)14-8-4-6-17(15,16)7-5-8/h1-3,8,14H,4-7,13H2. The minimum Gasteiger partial charge on any atom is -0.397 e. The minimum absolute atomic E-state index is 0.126. The van der Waals surface area contributed by atoms with E-state index in [0.29, 0.717) is 29.2 Å². The molecule has 0 unspecified atom stereocenters. The van der Waals surface area contributed by atoms with Gasteiger partial charge in [0, 0.05) is 6.04 Å². The number of hydrogen-bond acceptors (Lipinski definition) is 4. The van der Waals surface area contributed by atoms with Crippen LogP contribution in [0.5, 0.6) is 0 Å². The monoisotopic (exact) mass is 274 g/mol. The summed E-state index contributed by atoms with van der Waals surface area (Å²) in [6.07, 6.45) is 1.21. The summed E-state index contributed by atoms with van der Waals surface area (Å²) in [5, 5.41) is 3.80. The van der Waals surface area contributed by atoms with Gasteiger partial charge in [-0.25, -0.2) is 8.42 Å². The molecular formula is C11H15ClN2O2S. The number of nitrogen functional groups attached to an aromatic ring is 1. The number of anilines is 2. The van der Waals surface area contributed by atoms with Gasteiger partial charge in [-0.2, -0.15) is 0 Å². The van der Waals surface area contributed by atoms with Crippen molar-refractivity contribution >= 4 is 32.8 Å². The van der Waals surface area contributed by atoms with Crippen LogP contribution in [-0.2, 0) is 9.84 Å². The second-order valence-corrected chi connectivity index (χ2v) is 6.99. The second kappa shape index (κ2) is 4.74. The number of sulfone groups is 1. The molecule has 0 amide bonds. The Labute approximate surface area is 106 Å². The fraction of sp³-hybridized carbons (Fsp3) is 0.455. The highest BCUT2D eigenvalue weighted by molar-refractivity contribution is 7.91. The van der Waals surface area contributed by atoms with E-state index in [1.165, 1.54) is 0 Å². The maximum Gasteiger partial charge on any atom is 0.150 e. The molecular weight excluding hydrogens is 260 g/mol. The maximum atomic E-state index is 11.3. The first-order chi connectivity index (χ1) is 7.98. The Morgan fingerprint density at radius 3 is 2.53 bits per heavy atom. The molecule has 0 atom stereocenters. The highest BCUT2D eigenvalue weighted by Crippen LogP contribution is 2.30. The van der Waals surface area contributed by atoms with Gasteiger partial charge in [0.25, 0.3) is 0 Å². The van der Waals surface area contributed by atoms with Crippen molar-refractivity contribution in [2.75, 3.05) is 22.6 Å². The molecule has 3 N–H and O–H groups in total. The first-order valence-corrected chi connectivity index (χ1v) is 7.69. The number of nitrogens with two attached hydrogens (primary N) is 1. The number of nitrogens with one attached hydrogen (secondary N) is 1. The van der Waals surface area contributed by atoms with Crippen LogP contribution in [0.2, 0.25) is 5.02 Å². The maximum absolute atomic E-state index is 11.3. The lowest BCUT2D eigenvalue weighted by Gasteiger charge is -2.25. The summed E-state index contributed by atoms with van der Waals surface area (Å²) in [5.74, 6) is 0.462. The van der Waals surface area contributed by atoms with Crippen molar-refractivity contribution in [2.24, 2.45) is 0 Å². The predicted octanol–water partition coefficient (Wildman–Crippen LogP) is 1.91.